The van der Waals surface area contributed by atoms with Crippen molar-refractivity contribution in [2.75, 3.05) is 27.7 Å². The van der Waals surface area contributed by atoms with Crippen molar-refractivity contribution in [1.29, 1.82) is 0 Å². The second-order valence-electron chi connectivity index (χ2n) is 1.95. The number of aliphatic hydroxyl groups is 1. The lowest BCUT2D eigenvalue weighted by Crippen LogP contribution is -2.26. The van der Waals surface area contributed by atoms with Crippen molar-refractivity contribution in [3.05, 3.63) is 0 Å². The molecular formula is C5H13NO2. The van der Waals surface area contributed by atoms with E-state index in [9.17, 15) is 0 Å². The predicted octanol–water partition coefficient (Wildman–Crippen LogP) is -0.487. The summed E-state index contributed by atoms with van der Waals surface area (Å²) in [7, 11) is 5.23. The van der Waals surface area contributed by atoms with Gasteiger partial charge in [-0.25, -0.2) is 0 Å². The van der Waals surface area contributed by atoms with E-state index < -0.39 is 6.29 Å². The molecule has 0 aromatic carbocycles. The summed E-state index contributed by atoms with van der Waals surface area (Å²) in [6.45, 7) is 0.552. The quantitative estimate of drug-likeness (QED) is 0.509. The largest absolute Gasteiger partial charge is 0.367 e. The Balaban J connectivity index is 3.10. The van der Waals surface area contributed by atoms with Crippen molar-refractivity contribution < 1.29 is 9.84 Å². The van der Waals surface area contributed by atoms with Crippen LogP contribution in [0, 0.1) is 0 Å². The molecule has 0 aliphatic rings. The molecule has 0 radical (unpaired) electrons. The Labute approximate surface area is 49.9 Å². The van der Waals surface area contributed by atoms with Crippen LogP contribution in [0.4, 0.5) is 0 Å². The smallest absolute Gasteiger partial charge is 0.166 e. The molecule has 0 aliphatic heterocycles. The summed E-state index contributed by atoms with van der Waals surface area (Å²) in [6.07, 6.45) is -0.648. The molecule has 0 saturated heterocycles. The Morgan fingerprint density at radius 1 is 1.62 bits per heavy atom. The number of ether oxygens (including phenoxy) is 1. The summed E-state index contributed by atoms with van der Waals surface area (Å²) in [5.41, 5.74) is 0. The Morgan fingerprint density at radius 3 is 2.25 bits per heavy atom. The summed E-state index contributed by atoms with van der Waals surface area (Å²) in [5.74, 6) is 0. The molecule has 0 unspecified atom stereocenters. The first-order valence-corrected chi connectivity index (χ1v) is 2.52. The molecule has 0 aromatic rings. The fourth-order valence-electron chi connectivity index (χ4n) is 0.387. The van der Waals surface area contributed by atoms with E-state index in [1.54, 1.807) is 0 Å². The Morgan fingerprint density at radius 2 is 2.12 bits per heavy atom. The average Bonchev–Trinajstić information content (AvgIpc) is 1.65. The lowest BCUT2D eigenvalue weighted by molar-refractivity contribution is -0.0846. The van der Waals surface area contributed by atoms with Gasteiger partial charge in [0.2, 0.25) is 0 Å². The predicted molar refractivity (Wildman–Crippen MR) is 31.6 cm³/mol. The van der Waals surface area contributed by atoms with Gasteiger partial charge in [0.1, 0.15) is 0 Å². The van der Waals surface area contributed by atoms with E-state index in [1.807, 2.05) is 19.0 Å². The van der Waals surface area contributed by atoms with E-state index in [-0.39, 0.29) is 0 Å². The van der Waals surface area contributed by atoms with Gasteiger partial charge >= 0.3 is 0 Å². The second-order valence-corrected chi connectivity index (χ2v) is 1.95. The lowest BCUT2D eigenvalue weighted by atomic mass is 10.6. The first kappa shape index (κ1) is 7.88. The monoisotopic (exact) mass is 119 g/mol. The van der Waals surface area contributed by atoms with Gasteiger partial charge in [-0.2, -0.15) is 0 Å². The van der Waals surface area contributed by atoms with Crippen LogP contribution in [0.1, 0.15) is 0 Å². The first-order valence-electron chi connectivity index (χ1n) is 2.52. The third-order valence-electron chi connectivity index (χ3n) is 0.793. The number of aliphatic hydroxyl groups excluding tert-OH is 1. The van der Waals surface area contributed by atoms with Crippen molar-refractivity contribution in [2.45, 2.75) is 6.29 Å². The van der Waals surface area contributed by atoms with E-state index in [0.717, 1.165) is 0 Å². The summed E-state index contributed by atoms with van der Waals surface area (Å²) in [6, 6.07) is 0. The van der Waals surface area contributed by atoms with Gasteiger partial charge in [-0.3, -0.25) is 0 Å². The van der Waals surface area contributed by atoms with E-state index in [0.29, 0.717) is 6.54 Å². The SMILES string of the molecule is CO[C@@H](O)CN(C)C. The first-order chi connectivity index (χ1) is 3.66. The molecule has 0 heterocycles. The van der Waals surface area contributed by atoms with Gasteiger partial charge in [0.05, 0.1) is 0 Å². The van der Waals surface area contributed by atoms with Crippen molar-refractivity contribution in [3.63, 3.8) is 0 Å². The molecule has 0 saturated carbocycles. The number of nitrogens with zero attached hydrogens (tertiary/aromatic N) is 1. The Kier molecular flexibility index (Phi) is 3.77. The normalized spacial score (nSPS) is 14.6. The zero-order chi connectivity index (χ0) is 6.57. The summed E-state index contributed by atoms with van der Waals surface area (Å²) >= 11 is 0. The molecule has 0 bridgehead atoms. The van der Waals surface area contributed by atoms with Crippen LogP contribution in [0.15, 0.2) is 0 Å². The molecular weight excluding hydrogens is 106 g/mol. The highest BCUT2D eigenvalue weighted by Crippen LogP contribution is 1.83. The molecule has 0 amide bonds. The van der Waals surface area contributed by atoms with Crippen LogP contribution >= 0.6 is 0 Å². The summed E-state index contributed by atoms with van der Waals surface area (Å²) in [4.78, 5) is 1.86. The highest BCUT2D eigenvalue weighted by molar-refractivity contribution is 4.43. The second kappa shape index (κ2) is 3.83. The Hall–Kier alpha value is -0.120. The van der Waals surface area contributed by atoms with Gasteiger partial charge in [0.25, 0.3) is 0 Å². The standard InChI is InChI=1S/C5H13NO2/c1-6(2)4-5(7)8-3/h5,7H,4H2,1-3H3/t5-/m1/s1. The highest BCUT2D eigenvalue weighted by atomic mass is 16.6. The van der Waals surface area contributed by atoms with Crippen LogP contribution in [0.3, 0.4) is 0 Å². The average molecular weight is 119 g/mol. The van der Waals surface area contributed by atoms with Crippen LogP contribution in [0.2, 0.25) is 0 Å². The van der Waals surface area contributed by atoms with Crippen molar-refractivity contribution in [3.8, 4) is 0 Å². The van der Waals surface area contributed by atoms with Gasteiger partial charge in [-0.1, -0.05) is 0 Å². The molecule has 0 spiro atoms. The highest BCUT2D eigenvalue weighted by Gasteiger charge is 1.99. The molecule has 50 valence electrons. The summed E-state index contributed by atoms with van der Waals surface area (Å²) in [5, 5.41) is 8.76. The minimum atomic E-state index is -0.648. The van der Waals surface area contributed by atoms with Crippen LogP contribution in [-0.2, 0) is 4.74 Å². The maximum absolute atomic E-state index is 8.76. The third kappa shape index (κ3) is 4.05. The number of methoxy groups -OCH3 is 1. The number of hydrogen-bond acceptors (Lipinski definition) is 3. The fourth-order valence-corrected chi connectivity index (χ4v) is 0.387. The van der Waals surface area contributed by atoms with Crippen LogP contribution < -0.4 is 0 Å². The minimum absolute atomic E-state index is 0.552. The lowest BCUT2D eigenvalue weighted by Gasteiger charge is -2.13. The van der Waals surface area contributed by atoms with Gasteiger partial charge in [0, 0.05) is 13.7 Å². The fraction of sp³-hybridized carbons (Fsp3) is 1.00. The molecule has 8 heavy (non-hydrogen) atoms. The Bertz CT molecular complexity index is 56.4. The van der Waals surface area contributed by atoms with Crippen molar-refractivity contribution in [1.82, 2.24) is 4.90 Å². The minimum Gasteiger partial charge on any atom is -0.367 e. The maximum Gasteiger partial charge on any atom is 0.166 e. The van der Waals surface area contributed by atoms with E-state index in [4.69, 9.17) is 5.11 Å². The van der Waals surface area contributed by atoms with E-state index in [2.05, 4.69) is 4.74 Å². The molecule has 0 aromatic heterocycles. The van der Waals surface area contributed by atoms with Gasteiger partial charge in [-0.05, 0) is 14.1 Å². The zero-order valence-corrected chi connectivity index (χ0v) is 5.59. The summed E-state index contributed by atoms with van der Waals surface area (Å²) < 4.78 is 4.57. The molecule has 3 nitrogen and oxygen atoms in total. The number of hydrogen-bond donors (Lipinski definition) is 1. The molecule has 0 rings (SSSR count). The molecule has 1 atom stereocenters. The molecule has 0 aliphatic carbocycles. The van der Waals surface area contributed by atoms with Gasteiger partial charge in [0.15, 0.2) is 6.29 Å². The number of likely N-dealkylation sites (N-methyl/N-ethyl adjacent to an activating group) is 1. The third-order valence-corrected chi connectivity index (χ3v) is 0.793. The van der Waals surface area contributed by atoms with E-state index in [1.165, 1.54) is 7.11 Å². The zero-order valence-electron chi connectivity index (χ0n) is 5.59. The maximum atomic E-state index is 8.76. The topological polar surface area (TPSA) is 32.7 Å². The van der Waals surface area contributed by atoms with Crippen LogP contribution in [0.5, 0.6) is 0 Å². The van der Waals surface area contributed by atoms with Gasteiger partial charge in [-0.15, -0.1) is 0 Å². The molecule has 1 N–H and O–H groups in total. The molecule has 3 heteroatoms. The number of rotatable bonds is 3. The van der Waals surface area contributed by atoms with E-state index >= 15 is 0 Å². The van der Waals surface area contributed by atoms with Crippen molar-refractivity contribution >= 4 is 0 Å². The molecule has 0 fully saturated rings. The van der Waals surface area contributed by atoms with Crippen molar-refractivity contribution in [2.24, 2.45) is 0 Å². The van der Waals surface area contributed by atoms with Gasteiger partial charge < -0.3 is 14.7 Å². The van der Waals surface area contributed by atoms with Crippen LogP contribution in [-0.4, -0.2) is 44.0 Å². The van der Waals surface area contributed by atoms with Crippen LogP contribution in [0.25, 0.3) is 0 Å².